The maximum Gasteiger partial charge on any atom is 0.307 e. The number of esters is 1. The van der Waals surface area contributed by atoms with Gasteiger partial charge in [0.1, 0.15) is 10.7 Å². The summed E-state index contributed by atoms with van der Waals surface area (Å²) in [5, 5.41) is 0.770. The maximum absolute atomic E-state index is 12.9. The molecule has 0 fully saturated rings. The second-order valence-corrected chi connectivity index (χ2v) is 7.29. The van der Waals surface area contributed by atoms with Gasteiger partial charge in [-0.2, -0.15) is 0 Å². The quantitative estimate of drug-likeness (QED) is 0.807. The van der Waals surface area contributed by atoms with E-state index in [-0.39, 0.29) is 17.9 Å². The van der Waals surface area contributed by atoms with E-state index >= 15 is 0 Å². The summed E-state index contributed by atoms with van der Waals surface area (Å²) in [5.74, 6) is 1.06. The van der Waals surface area contributed by atoms with Gasteiger partial charge in [-0.1, -0.05) is 6.92 Å². The summed E-state index contributed by atoms with van der Waals surface area (Å²) >= 11 is 1.66. The molecule has 0 radical (unpaired) electrons. The number of aromatic nitrogens is 2. The van der Waals surface area contributed by atoms with Gasteiger partial charge < -0.3 is 4.74 Å². The topological polar surface area (TPSA) is 61.2 Å². The number of carbonyl (C=O) groups is 1. The molecule has 2 heterocycles. The van der Waals surface area contributed by atoms with Crippen molar-refractivity contribution in [2.45, 2.75) is 53.0 Å². The summed E-state index contributed by atoms with van der Waals surface area (Å²) in [6.45, 7) is 6.55. The molecule has 0 amide bonds. The molecule has 1 aliphatic carbocycles. The molecule has 0 saturated heterocycles. The molecule has 0 N–H and O–H groups in total. The van der Waals surface area contributed by atoms with Gasteiger partial charge in [0, 0.05) is 11.4 Å². The fourth-order valence-electron chi connectivity index (χ4n) is 3.22. The van der Waals surface area contributed by atoms with Gasteiger partial charge in [0.15, 0.2) is 0 Å². The van der Waals surface area contributed by atoms with Crippen LogP contribution in [0.1, 0.15) is 43.0 Å². The lowest BCUT2D eigenvalue weighted by Crippen LogP contribution is -2.26. The lowest BCUT2D eigenvalue weighted by molar-refractivity contribution is -0.143. The summed E-state index contributed by atoms with van der Waals surface area (Å²) < 4.78 is 6.56. The van der Waals surface area contributed by atoms with E-state index in [4.69, 9.17) is 4.74 Å². The third-order valence-electron chi connectivity index (χ3n) is 4.45. The number of hydrogen-bond donors (Lipinski definition) is 0. The minimum atomic E-state index is -0.278. The Bertz CT molecular complexity index is 806. The molecule has 1 aliphatic rings. The van der Waals surface area contributed by atoms with Crippen molar-refractivity contribution in [3.05, 3.63) is 26.6 Å². The van der Waals surface area contributed by atoms with Gasteiger partial charge in [0.05, 0.1) is 18.4 Å². The minimum Gasteiger partial charge on any atom is -0.466 e. The number of aryl methyl sites for hydroxylation is 2. The molecule has 1 unspecified atom stereocenters. The lowest BCUT2D eigenvalue weighted by atomic mass is 9.89. The van der Waals surface area contributed by atoms with Crippen molar-refractivity contribution in [3.63, 3.8) is 0 Å². The zero-order chi connectivity index (χ0) is 16.6. The largest absolute Gasteiger partial charge is 0.466 e. The highest BCUT2D eigenvalue weighted by molar-refractivity contribution is 7.18. The van der Waals surface area contributed by atoms with Crippen LogP contribution < -0.4 is 5.56 Å². The summed E-state index contributed by atoms with van der Waals surface area (Å²) in [6, 6.07) is 0. The van der Waals surface area contributed by atoms with Crippen molar-refractivity contribution in [2.75, 3.05) is 6.61 Å². The Kier molecular flexibility index (Phi) is 4.53. The van der Waals surface area contributed by atoms with E-state index in [1.807, 2.05) is 6.92 Å². The number of thiophene rings is 1. The lowest BCUT2D eigenvalue weighted by Gasteiger charge is -2.17. The molecule has 5 nitrogen and oxygen atoms in total. The molecular weight excluding hydrogens is 312 g/mol. The first-order chi connectivity index (χ1) is 11.0. The van der Waals surface area contributed by atoms with Gasteiger partial charge >= 0.3 is 5.97 Å². The number of hydrogen-bond acceptors (Lipinski definition) is 5. The second-order valence-electron chi connectivity index (χ2n) is 6.20. The first-order valence-corrected chi connectivity index (χ1v) is 9.00. The first-order valence-electron chi connectivity index (χ1n) is 8.18. The normalized spacial score (nSPS) is 17.3. The van der Waals surface area contributed by atoms with Crippen LogP contribution in [-0.2, 0) is 28.9 Å². The fraction of sp³-hybridized carbons (Fsp3) is 0.588. The Hall–Kier alpha value is -1.69. The highest BCUT2D eigenvalue weighted by Gasteiger charge is 2.24. The maximum atomic E-state index is 12.9. The third kappa shape index (κ3) is 3.04. The molecule has 3 rings (SSSR count). The third-order valence-corrected chi connectivity index (χ3v) is 5.60. The van der Waals surface area contributed by atoms with E-state index in [0.717, 1.165) is 29.5 Å². The molecule has 2 aromatic rings. The molecule has 124 valence electrons. The molecule has 0 aromatic carbocycles. The van der Waals surface area contributed by atoms with Crippen LogP contribution in [0.5, 0.6) is 0 Å². The Balaban J connectivity index is 2.00. The van der Waals surface area contributed by atoms with Crippen LogP contribution in [0.15, 0.2) is 4.79 Å². The van der Waals surface area contributed by atoms with E-state index < -0.39 is 0 Å². The zero-order valence-corrected chi connectivity index (χ0v) is 14.7. The fourth-order valence-corrected chi connectivity index (χ4v) is 4.64. The van der Waals surface area contributed by atoms with Crippen LogP contribution in [0.4, 0.5) is 0 Å². The zero-order valence-electron chi connectivity index (χ0n) is 13.8. The molecular formula is C17H22N2O3S. The molecule has 6 heteroatoms. The van der Waals surface area contributed by atoms with Crippen molar-refractivity contribution in [1.29, 1.82) is 0 Å². The van der Waals surface area contributed by atoms with Crippen LogP contribution in [0.3, 0.4) is 0 Å². The Morgan fingerprint density at radius 3 is 3.00 bits per heavy atom. The van der Waals surface area contributed by atoms with Gasteiger partial charge in [-0.3, -0.25) is 14.2 Å². The van der Waals surface area contributed by atoms with Gasteiger partial charge in [0.25, 0.3) is 5.56 Å². The molecule has 2 aromatic heterocycles. The van der Waals surface area contributed by atoms with Gasteiger partial charge in [-0.15, -0.1) is 11.3 Å². The van der Waals surface area contributed by atoms with Crippen LogP contribution in [0.2, 0.25) is 0 Å². The molecule has 0 spiro atoms. The van der Waals surface area contributed by atoms with Crippen LogP contribution in [0, 0.1) is 12.8 Å². The predicted octanol–water partition coefficient (Wildman–Crippen LogP) is 2.84. The summed E-state index contributed by atoms with van der Waals surface area (Å²) in [5.41, 5.74) is 1.18. The van der Waals surface area contributed by atoms with Crippen LogP contribution in [0.25, 0.3) is 10.2 Å². The molecule has 0 bridgehead atoms. The van der Waals surface area contributed by atoms with Crippen LogP contribution in [-0.4, -0.2) is 22.1 Å². The Morgan fingerprint density at radius 2 is 2.26 bits per heavy atom. The minimum absolute atomic E-state index is 0.0103. The van der Waals surface area contributed by atoms with Crippen molar-refractivity contribution in [2.24, 2.45) is 5.92 Å². The molecule has 0 aliphatic heterocycles. The molecule has 0 saturated carbocycles. The van der Waals surface area contributed by atoms with Gasteiger partial charge in [-0.25, -0.2) is 4.98 Å². The average molecular weight is 334 g/mol. The summed E-state index contributed by atoms with van der Waals surface area (Å²) in [7, 11) is 0. The molecule has 1 atom stereocenters. The SMILES string of the molecule is CCOC(=O)CCn1c(C)nc2sc3c(c2c1=O)CCC(C)C3. The first kappa shape index (κ1) is 16.2. The monoisotopic (exact) mass is 334 g/mol. The number of ether oxygens (including phenoxy) is 1. The van der Waals surface area contributed by atoms with Gasteiger partial charge in [-0.05, 0) is 44.6 Å². The van der Waals surface area contributed by atoms with Crippen molar-refractivity contribution in [3.8, 4) is 0 Å². The highest BCUT2D eigenvalue weighted by atomic mass is 32.1. The van der Waals surface area contributed by atoms with Crippen molar-refractivity contribution in [1.82, 2.24) is 9.55 Å². The van der Waals surface area contributed by atoms with E-state index in [0.29, 0.717) is 24.9 Å². The number of rotatable bonds is 4. The second kappa shape index (κ2) is 6.43. The predicted molar refractivity (Wildman–Crippen MR) is 91.1 cm³/mol. The average Bonchev–Trinajstić information content (AvgIpc) is 2.84. The van der Waals surface area contributed by atoms with E-state index in [2.05, 4.69) is 11.9 Å². The van der Waals surface area contributed by atoms with Crippen molar-refractivity contribution < 1.29 is 9.53 Å². The number of carbonyl (C=O) groups excluding carboxylic acids is 1. The summed E-state index contributed by atoms with van der Waals surface area (Å²) in [4.78, 5) is 31.3. The van der Waals surface area contributed by atoms with Crippen molar-refractivity contribution >= 4 is 27.5 Å². The molecule has 23 heavy (non-hydrogen) atoms. The Morgan fingerprint density at radius 1 is 1.48 bits per heavy atom. The Labute approximate surface area is 139 Å². The van der Waals surface area contributed by atoms with Gasteiger partial charge in [0.2, 0.25) is 0 Å². The smallest absolute Gasteiger partial charge is 0.307 e. The van der Waals surface area contributed by atoms with Crippen LogP contribution >= 0.6 is 11.3 Å². The van der Waals surface area contributed by atoms with E-state index in [1.165, 1.54) is 10.4 Å². The summed E-state index contributed by atoms with van der Waals surface area (Å²) in [6.07, 6.45) is 3.31. The highest BCUT2D eigenvalue weighted by Crippen LogP contribution is 2.35. The number of nitrogens with zero attached hydrogens (tertiary/aromatic N) is 2. The number of fused-ring (bicyclic) bond motifs is 3. The standard InChI is InChI=1S/C17H22N2O3S/c1-4-22-14(20)7-8-19-11(3)18-16-15(17(19)21)12-6-5-10(2)9-13(12)23-16/h10H,4-9H2,1-3H3. The van der Waals surface area contributed by atoms with E-state index in [9.17, 15) is 9.59 Å². The van der Waals surface area contributed by atoms with E-state index in [1.54, 1.807) is 22.8 Å².